The van der Waals surface area contributed by atoms with Crippen LogP contribution in [-0.2, 0) is 22.8 Å². The quantitative estimate of drug-likeness (QED) is 0.552. The Kier molecular flexibility index (Phi) is 6.19. The molecule has 0 aliphatic carbocycles. The zero-order chi connectivity index (χ0) is 13.6. The van der Waals surface area contributed by atoms with Gasteiger partial charge in [-0.25, -0.2) is 0 Å². The lowest BCUT2D eigenvalue weighted by atomic mass is 9.97. The van der Waals surface area contributed by atoms with Gasteiger partial charge in [0.1, 0.15) is 0 Å². The number of methoxy groups -OCH3 is 2. The summed E-state index contributed by atoms with van der Waals surface area (Å²) >= 11 is 0. The van der Waals surface area contributed by atoms with Gasteiger partial charge in [-0.05, 0) is 25.8 Å². The number of hydrogen-bond donors (Lipinski definition) is 1. The zero-order valence-electron chi connectivity index (χ0n) is 11.7. The highest BCUT2D eigenvalue weighted by Gasteiger charge is 2.56. The molecule has 6 nitrogen and oxygen atoms in total. The second kappa shape index (κ2) is 6.95. The van der Waals surface area contributed by atoms with Crippen LogP contribution >= 0.6 is 0 Å². The summed E-state index contributed by atoms with van der Waals surface area (Å²) < 4.78 is 27.8. The van der Waals surface area contributed by atoms with E-state index in [9.17, 15) is 0 Å². The van der Waals surface area contributed by atoms with Crippen LogP contribution in [0.3, 0.4) is 0 Å². The van der Waals surface area contributed by atoms with Gasteiger partial charge in [0.05, 0.1) is 0 Å². The van der Waals surface area contributed by atoms with Gasteiger partial charge in [-0.2, -0.15) is 0 Å². The largest absolute Gasteiger partial charge is 0.504 e. The molecule has 0 radical (unpaired) electrons. The van der Waals surface area contributed by atoms with Crippen LogP contribution in [-0.4, -0.2) is 49.8 Å². The lowest BCUT2D eigenvalue weighted by Gasteiger charge is -2.46. The Morgan fingerprint density at radius 2 is 1.83 bits per heavy atom. The molecule has 0 aromatic heterocycles. The van der Waals surface area contributed by atoms with Gasteiger partial charge in [-0.3, -0.25) is 0 Å². The summed E-state index contributed by atoms with van der Waals surface area (Å²) in [5.74, 6) is -0.937. The van der Waals surface area contributed by atoms with Crippen LogP contribution in [0.25, 0.3) is 0 Å². The van der Waals surface area contributed by atoms with Crippen molar-refractivity contribution in [3.05, 3.63) is 0 Å². The van der Waals surface area contributed by atoms with Crippen LogP contribution in [0.15, 0.2) is 0 Å². The second-order valence-corrected chi connectivity index (χ2v) is 7.26. The van der Waals surface area contributed by atoms with Gasteiger partial charge in [-0.1, -0.05) is 0 Å². The third-order valence-electron chi connectivity index (χ3n) is 3.54. The highest BCUT2D eigenvalue weighted by atomic mass is 28.4. The molecule has 7 heteroatoms. The number of hydrogen-bond acceptors (Lipinski definition) is 6. The van der Waals surface area contributed by atoms with Crippen LogP contribution in [0.2, 0.25) is 6.04 Å². The van der Waals surface area contributed by atoms with E-state index in [-0.39, 0.29) is 5.92 Å². The third-order valence-corrected chi connectivity index (χ3v) is 6.29. The summed E-state index contributed by atoms with van der Waals surface area (Å²) in [6.07, 6.45) is 2.70. The van der Waals surface area contributed by atoms with Crippen molar-refractivity contribution in [3.63, 3.8) is 0 Å². The highest BCUT2D eigenvalue weighted by Crippen LogP contribution is 2.41. The molecule has 18 heavy (non-hydrogen) atoms. The van der Waals surface area contributed by atoms with E-state index in [2.05, 4.69) is 0 Å². The average Bonchev–Trinajstić information content (AvgIpc) is 2.45. The van der Waals surface area contributed by atoms with E-state index in [1.165, 1.54) is 0 Å². The monoisotopic (exact) mass is 279 g/mol. The molecular formula is C11H25NO5Si. The fourth-order valence-corrected chi connectivity index (χ4v) is 4.75. The van der Waals surface area contributed by atoms with Crippen molar-refractivity contribution in [1.29, 1.82) is 0 Å². The molecule has 0 bridgehead atoms. The molecule has 0 spiro atoms. The van der Waals surface area contributed by atoms with Crippen LogP contribution in [0.1, 0.15) is 19.3 Å². The first kappa shape index (κ1) is 16.0. The summed E-state index contributed by atoms with van der Waals surface area (Å²) in [5.41, 5.74) is 5.56. The first-order valence-corrected chi connectivity index (χ1v) is 8.16. The number of rotatable bonds is 7. The molecule has 0 saturated carbocycles. The third kappa shape index (κ3) is 3.10. The van der Waals surface area contributed by atoms with Gasteiger partial charge in [0.2, 0.25) is 0 Å². The minimum Gasteiger partial charge on any atom is -0.377 e. The lowest BCUT2D eigenvalue weighted by Crippen LogP contribution is -2.60. The highest BCUT2D eigenvalue weighted by molar-refractivity contribution is 6.60. The Morgan fingerprint density at radius 3 is 2.28 bits per heavy atom. The Morgan fingerprint density at radius 1 is 1.22 bits per heavy atom. The molecule has 1 fully saturated rings. The smallest absolute Gasteiger partial charge is 0.377 e. The Bertz CT molecular complexity index is 246. The van der Waals surface area contributed by atoms with Crippen LogP contribution in [0.4, 0.5) is 0 Å². The van der Waals surface area contributed by atoms with E-state index in [0.717, 1.165) is 25.3 Å². The topological polar surface area (TPSA) is 72.2 Å². The SMILES string of the molecule is COC1(OC)O[Si](OC)(OC)CCC1CCCN. The molecule has 1 heterocycles. The van der Waals surface area contributed by atoms with Crippen molar-refractivity contribution < 1.29 is 22.8 Å². The predicted octanol–water partition coefficient (Wildman–Crippen LogP) is 0.940. The van der Waals surface area contributed by atoms with Gasteiger partial charge in [0, 0.05) is 40.4 Å². The minimum absolute atomic E-state index is 0.141. The Labute approximate surface area is 110 Å². The van der Waals surface area contributed by atoms with E-state index < -0.39 is 14.8 Å². The second-order valence-electron chi connectivity index (χ2n) is 4.37. The molecule has 108 valence electrons. The van der Waals surface area contributed by atoms with Crippen molar-refractivity contribution in [2.45, 2.75) is 31.3 Å². The van der Waals surface area contributed by atoms with Crippen molar-refractivity contribution in [2.75, 3.05) is 35.0 Å². The molecule has 1 aliphatic heterocycles. The molecule has 1 saturated heterocycles. The maximum absolute atomic E-state index is 5.98. The van der Waals surface area contributed by atoms with E-state index in [4.69, 9.17) is 28.5 Å². The first-order valence-electron chi connectivity index (χ1n) is 6.22. The molecule has 0 aromatic rings. The standard InChI is InChI=1S/C11H25NO5Si/c1-13-11(14-2)10(6-5-8-12)7-9-18(15-3,16-4)17-11/h10H,5-9,12H2,1-4H3. The lowest BCUT2D eigenvalue weighted by molar-refractivity contribution is -0.373. The first-order chi connectivity index (χ1) is 8.62. The molecule has 1 aliphatic rings. The molecule has 1 rings (SSSR count). The average molecular weight is 279 g/mol. The van der Waals surface area contributed by atoms with Gasteiger partial charge in [0.25, 0.3) is 5.97 Å². The minimum atomic E-state index is -2.67. The summed E-state index contributed by atoms with van der Waals surface area (Å²) in [6, 6.07) is 0.768. The molecule has 0 aromatic carbocycles. The normalized spacial score (nSPS) is 26.2. The van der Waals surface area contributed by atoms with Crippen LogP contribution in [0, 0.1) is 5.92 Å². The van der Waals surface area contributed by atoms with Gasteiger partial charge >= 0.3 is 8.80 Å². The molecule has 1 atom stereocenters. The van der Waals surface area contributed by atoms with Crippen molar-refractivity contribution in [3.8, 4) is 0 Å². The zero-order valence-corrected chi connectivity index (χ0v) is 12.7. The Hall–Kier alpha value is -0.0231. The van der Waals surface area contributed by atoms with Crippen LogP contribution in [0.5, 0.6) is 0 Å². The maximum Gasteiger partial charge on any atom is 0.504 e. The van der Waals surface area contributed by atoms with E-state index in [0.29, 0.717) is 6.54 Å². The summed E-state index contributed by atoms with van der Waals surface area (Å²) in [7, 11) is 3.69. The molecular weight excluding hydrogens is 254 g/mol. The van der Waals surface area contributed by atoms with Crippen molar-refractivity contribution in [2.24, 2.45) is 11.7 Å². The summed E-state index contributed by atoms with van der Waals surface area (Å²) in [4.78, 5) is 0. The van der Waals surface area contributed by atoms with Gasteiger partial charge in [0.15, 0.2) is 0 Å². The van der Waals surface area contributed by atoms with Gasteiger partial charge in [-0.15, -0.1) is 0 Å². The van der Waals surface area contributed by atoms with E-state index in [1.807, 2.05) is 0 Å². The number of nitrogens with two attached hydrogens (primary N) is 1. The fourth-order valence-electron chi connectivity index (χ4n) is 2.44. The maximum atomic E-state index is 5.98. The fraction of sp³-hybridized carbons (Fsp3) is 1.00. The van der Waals surface area contributed by atoms with E-state index >= 15 is 0 Å². The molecule has 0 amide bonds. The molecule has 1 unspecified atom stereocenters. The van der Waals surface area contributed by atoms with Crippen molar-refractivity contribution >= 4 is 8.80 Å². The summed E-state index contributed by atoms with van der Waals surface area (Å²) in [6.45, 7) is 0.650. The Balaban J connectivity index is 2.85. The van der Waals surface area contributed by atoms with Gasteiger partial charge < -0.3 is 28.5 Å². The number of ether oxygens (including phenoxy) is 2. The van der Waals surface area contributed by atoms with Crippen molar-refractivity contribution in [1.82, 2.24) is 0 Å². The van der Waals surface area contributed by atoms with E-state index in [1.54, 1.807) is 28.4 Å². The van der Waals surface area contributed by atoms with Crippen LogP contribution < -0.4 is 5.73 Å². The molecule has 2 N–H and O–H groups in total. The summed E-state index contributed by atoms with van der Waals surface area (Å²) in [5, 5.41) is 0. The predicted molar refractivity (Wildman–Crippen MR) is 68.8 cm³/mol.